The molecule has 0 spiro atoms. The molecule has 10 heavy (non-hydrogen) atoms. The summed E-state index contributed by atoms with van der Waals surface area (Å²) in [4.78, 5) is 0. The molecular weight excluding hydrogens is 128 g/mol. The first-order chi connectivity index (χ1) is 4.77. The van der Waals surface area contributed by atoms with Gasteiger partial charge in [0.05, 0.1) is 12.1 Å². The van der Waals surface area contributed by atoms with Crippen molar-refractivity contribution in [3.63, 3.8) is 0 Å². The van der Waals surface area contributed by atoms with Gasteiger partial charge in [-0.15, -0.1) is 0 Å². The third kappa shape index (κ3) is 1.61. The molecule has 0 aromatic heterocycles. The lowest BCUT2D eigenvalue weighted by molar-refractivity contribution is 0.0356. The van der Waals surface area contributed by atoms with Gasteiger partial charge in [-0.3, -0.25) is 0 Å². The number of nitriles is 1. The highest BCUT2D eigenvalue weighted by Crippen LogP contribution is 2.17. The van der Waals surface area contributed by atoms with E-state index in [0.29, 0.717) is 6.61 Å². The fourth-order valence-electron chi connectivity index (χ4n) is 1.17. The van der Waals surface area contributed by atoms with E-state index in [1.807, 2.05) is 13.1 Å². The molecule has 1 unspecified atom stereocenters. The van der Waals surface area contributed by atoms with E-state index in [2.05, 4.69) is 5.32 Å². The number of nitrogens with one attached hydrogen (secondary N) is 1. The lowest BCUT2D eigenvalue weighted by Gasteiger charge is -2.31. The summed E-state index contributed by atoms with van der Waals surface area (Å²) in [5.41, 5.74) is -0.104. The van der Waals surface area contributed by atoms with E-state index in [-0.39, 0.29) is 5.54 Å². The fourth-order valence-corrected chi connectivity index (χ4v) is 1.17. The van der Waals surface area contributed by atoms with E-state index in [1.165, 1.54) is 0 Å². The summed E-state index contributed by atoms with van der Waals surface area (Å²) >= 11 is 0. The predicted octanol–water partition coefficient (Wildman–Crippen LogP) is 0.626. The van der Waals surface area contributed by atoms with Crippen LogP contribution in [-0.2, 0) is 4.74 Å². The van der Waals surface area contributed by atoms with Crippen molar-refractivity contribution in [1.29, 1.82) is 5.26 Å². The van der Waals surface area contributed by atoms with Gasteiger partial charge in [0.25, 0.3) is 0 Å². The second-order valence-corrected chi connectivity index (χ2v) is 2.95. The lowest BCUT2D eigenvalue weighted by atomic mass is 9.95. The van der Waals surface area contributed by atoms with E-state index in [1.54, 1.807) is 0 Å². The molecule has 1 heterocycles. The highest BCUT2D eigenvalue weighted by Gasteiger charge is 2.26. The predicted molar refractivity (Wildman–Crippen MR) is 37.2 cm³/mol. The van der Waals surface area contributed by atoms with E-state index >= 15 is 0 Å². The molecule has 1 fully saturated rings. The van der Waals surface area contributed by atoms with Crippen molar-refractivity contribution in [2.75, 3.05) is 13.2 Å². The fraction of sp³-hybridized carbons (Fsp3) is 0.857. The Bertz CT molecular complexity index is 144. The molecule has 1 aliphatic heterocycles. The van der Waals surface area contributed by atoms with Crippen LogP contribution < -0.4 is 5.32 Å². The Morgan fingerprint density at radius 3 is 3.00 bits per heavy atom. The second-order valence-electron chi connectivity index (χ2n) is 2.95. The molecule has 3 nitrogen and oxygen atoms in total. The lowest BCUT2D eigenvalue weighted by Crippen LogP contribution is -2.46. The number of nitrogens with zero attached hydrogens (tertiary/aromatic N) is 1. The van der Waals surface area contributed by atoms with Crippen LogP contribution in [0.5, 0.6) is 0 Å². The number of rotatable bonds is 1. The van der Waals surface area contributed by atoms with Gasteiger partial charge < -0.3 is 10.1 Å². The zero-order chi connectivity index (χ0) is 7.45. The highest BCUT2D eigenvalue weighted by atomic mass is 16.5. The van der Waals surface area contributed by atoms with Crippen molar-refractivity contribution in [2.24, 2.45) is 0 Å². The van der Waals surface area contributed by atoms with Crippen LogP contribution in [0.2, 0.25) is 0 Å². The number of hydrogen-bond donors (Lipinski definition) is 1. The minimum absolute atomic E-state index is 0.104. The number of ether oxygens (including phenoxy) is 1. The molecule has 0 saturated carbocycles. The van der Waals surface area contributed by atoms with Crippen molar-refractivity contribution in [2.45, 2.75) is 25.3 Å². The molecule has 0 radical (unpaired) electrons. The summed E-state index contributed by atoms with van der Waals surface area (Å²) in [5, 5.41) is 11.1. The Kier molecular flexibility index (Phi) is 2.13. The van der Waals surface area contributed by atoms with Crippen molar-refractivity contribution >= 4 is 0 Å². The first kappa shape index (κ1) is 7.36. The molecule has 1 rings (SSSR count). The van der Waals surface area contributed by atoms with Crippen molar-refractivity contribution in [3.05, 3.63) is 0 Å². The zero-order valence-electron chi connectivity index (χ0n) is 6.18. The zero-order valence-corrected chi connectivity index (χ0v) is 6.18. The summed E-state index contributed by atoms with van der Waals surface area (Å²) in [7, 11) is 0. The van der Waals surface area contributed by atoms with Gasteiger partial charge in [0.2, 0.25) is 0 Å². The third-order valence-electron chi connectivity index (χ3n) is 1.80. The summed E-state index contributed by atoms with van der Waals surface area (Å²) in [6.45, 7) is 3.50. The van der Waals surface area contributed by atoms with Crippen LogP contribution in [0.1, 0.15) is 19.8 Å². The molecule has 0 bridgehead atoms. The minimum atomic E-state index is -0.104. The Morgan fingerprint density at radius 1 is 1.70 bits per heavy atom. The molecule has 56 valence electrons. The molecule has 0 aromatic rings. The molecule has 1 saturated heterocycles. The molecule has 3 heteroatoms. The standard InChI is InChI=1S/C7H12N2O/c1-7(9-6-8)3-2-4-10-5-7/h9H,2-5H2,1H3. The van der Waals surface area contributed by atoms with Crippen LogP contribution in [-0.4, -0.2) is 18.8 Å². The van der Waals surface area contributed by atoms with Crippen LogP contribution in [0, 0.1) is 11.5 Å². The minimum Gasteiger partial charge on any atom is -0.379 e. The Balaban J connectivity index is 2.42. The van der Waals surface area contributed by atoms with E-state index in [0.717, 1.165) is 19.4 Å². The van der Waals surface area contributed by atoms with Crippen molar-refractivity contribution < 1.29 is 4.74 Å². The summed E-state index contributed by atoms with van der Waals surface area (Å²) in [6, 6.07) is 0. The van der Waals surface area contributed by atoms with Gasteiger partial charge in [-0.1, -0.05) is 0 Å². The molecule has 0 aromatic carbocycles. The average molecular weight is 140 g/mol. The van der Waals surface area contributed by atoms with Crippen molar-refractivity contribution in [1.82, 2.24) is 5.32 Å². The highest BCUT2D eigenvalue weighted by molar-refractivity contribution is 4.90. The second kappa shape index (κ2) is 2.89. The van der Waals surface area contributed by atoms with Gasteiger partial charge in [0.1, 0.15) is 0 Å². The summed E-state index contributed by atoms with van der Waals surface area (Å²) in [6.07, 6.45) is 4.02. The maximum Gasteiger partial charge on any atom is 0.177 e. The van der Waals surface area contributed by atoms with Crippen molar-refractivity contribution in [3.8, 4) is 6.19 Å². The smallest absolute Gasteiger partial charge is 0.177 e. The largest absolute Gasteiger partial charge is 0.379 e. The van der Waals surface area contributed by atoms with E-state index < -0.39 is 0 Å². The molecular formula is C7H12N2O. The van der Waals surface area contributed by atoms with E-state index in [9.17, 15) is 0 Å². The molecule has 0 aliphatic carbocycles. The van der Waals surface area contributed by atoms with Gasteiger partial charge in [-0.2, -0.15) is 5.26 Å². The quantitative estimate of drug-likeness (QED) is 0.429. The van der Waals surface area contributed by atoms with Gasteiger partial charge in [0.15, 0.2) is 6.19 Å². The molecule has 1 atom stereocenters. The first-order valence-electron chi connectivity index (χ1n) is 3.51. The van der Waals surface area contributed by atoms with Gasteiger partial charge in [-0.25, -0.2) is 0 Å². The van der Waals surface area contributed by atoms with Crippen LogP contribution >= 0.6 is 0 Å². The summed E-state index contributed by atoms with van der Waals surface area (Å²) < 4.78 is 5.22. The van der Waals surface area contributed by atoms with Gasteiger partial charge in [0, 0.05) is 6.61 Å². The van der Waals surface area contributed by atoms with Crippen LogP contribution in [0.3, 0.4) is 0 Å². The van der Waals surface area contributed by atoms with Gasteiger partial charge >= 0.3 is 0 Å². The molecule has 1 N–H and O–H groups in total. The summed E-state index contributed by atoms with van der Waals surface area (Å²) in [5.74, 6) is 0. The number of hydrogen-bond acceptors (Lipinski definition) is 3. The third-order valence-corrected chi connectivity index (χ3v) is 1.80. The van der Waals surface area contributed by atoms with E-state index in [4.69, 9.17) is 10.00 Å². The Labute approximate surface area is 61.0 Å². The average Bonchev–Trinajstić information content (AvgIpc) is 1.89. The topological polar surface area (TPSA) is 45.0 Å². The van der Waals surface area contributed by atoms with Crippen LogP contribution in [0.15, 0.2) is 0 Å². The molecule has 1 aliphatic rings. The maximum absolute atomic E-state index is 8.37. The molecule has 0 amide bonds. The Morgan fingerprint density at radius 2 is 2.50 bits per heavy atom. The monoisotopic (exact) mass is 140 g/mol. The SMILES string of the molecule is CC1(NC#N)CCCOC1. The van der Waals surface area contributed by atoms with Crippen LogP contribution in [0.4, 0.5) is 0 Å². The first-order valence-corrected chi connectivity index (χ1v) is 3.51. The maximum atomic E-state index is 8.37. The Hall–Kier alpha value is -0.750. The normalized spacial score (nSPS) is 32.8. The van der Waals surface area contributed by atoms with Crippen LogP contribution in [0.25, 0.3) is 0 Å². The van der Waals surface area contributed by atoms with Gasteiger partial charge in [-0.05, 0) is 19.8 Å².